The van der Waals surface area contributed by atoms with E-state index in [0.717, 1.165) is 30.3 Å². The number of nitrogens with two attached hydrogens (primary N) is 2. The Morgan fingerprint density at radius 3 is 2.36 bits per heavy atom. The SMILES string of the molecule is C=C.CNc1scc(-c2cnc(N3CCCCC3)nc2C)c1C(=O)O.N/C=C\C(C=O)=C/N. The molecule has 1 aliphatic heterocycles. The number of rotatable bonds is 6. The van der Waals surface area contributed by atoms with Gasteiger partial charge in [0.2, 0.25) is 5.95 Å². The van der Waals surface area contributed by atoms with Crippen LogP contribution in [0.3, 0.4) is 0 Å². The predicted molar refractivity (Wildman–Crippen MR) is 136 cm³/mol. The Balaban J connectivity index is 0.000000464. The van der Waals surface area contributed by atoms with Crippen molar-refractivity contribution >= 4 is 34.5 Å². The number of aromatic nitrogens is 2. The smallest absolute Gasteiger partial charge is 0.339 e. The summed E-state index contributed by atoms with van der Waals surface area (Å²) in [6.45, 7) is 9.88. The van der Waals surface area contributed by atoms with Crippen molar-refractivity contribution in [2.24, 2.45) is 11.5 Å². The van der Waals surface area contributed by atoms with Gasteiger partial charge in [0.1, 0.15) is 10.6 Å². The fourth-order valence-corrected chi connectivity index (χ4v) is 4.08. The Morgan fingerprint density at radius 1 is 1.24 bits per heavy atom. The molecule has 0 aliphatic carbocycles. The van der Waals surface area contributed by atoms with Crippen molar-refractivity contribution in [3.8, 4) is 11.1 Å². The first-order chi connectivity index (χ1) is 16.0. The summed E-state index contributed by atoms with van der Waals surface area (Å²) >= 11 is 1.38. The quantitative estimate of drug-likeness (QED) is 0.214. The number of hydrogen-bond acceptors (Lipinski definition) is 9. The molecule has 9 nitrogen and oxygen atoms in total. The summed E-state index contributed by atoms with van der Waals surface area (Å²) in [4.78, 5) is 32.7. The number of carbonyl (C=O) groups excluding carboxylic acids is 1. The molecule has 6 N–H and O–H groups in total. The lowest BCUT2D eigenvalue weighted by molar-refractivity contribution is -0.104. The molecule has 178 valence electrons. The van der Waals surface area contributed by atoms with Crippen molar-refractivity contribution < 1.29 is 14.7 Å². The maximum absolute atomic E-state index is 11.6. The summed E-state index contributed by atoms with van der Waals surface area (Å²) in [5, 5.41) is 14.9. The molecule has 0 atom stereocenters. The normalized spacial score (nSPS) is 13.4. The molecule has 0 radical (unpaired) electrons. The third-order valence-corrected chi connectivity index (χ3v) is 5.74. The number of thiophene rings is 1. The van der Waals surface area contributed by atoms with Crippen LogP contribution in [-0.2, 0) is 4.79 Å². The van der Waals surface area contributed by atoms with Gasteiger partial charge in [-0.05, 0) is 38.5 Å². The van der Waals surface area contributed by atoms with Crippen LogP contribution in [0.4, 0.5) is 10.9 Å². The van der Waals surface area contributed by atoms with Crippen LogP contribution >= 0.6 is 11.3 Å². The van der Waals surface area contributed by atoms with E-state index in [0.29, 0.717) is 22.4 Å². The van der Waals surface area contributed by atoms with E-state index in [9.17, 15) is 14.7 Å². The fraction of sp³-hybridized carbons (Fsp3) is 0.304. The van der Waals surface area contributed by atoms with Crippen LogP contribution in [0.1, 0.15) is 35.3 Å². The number of nitrogens with one attached hydrogen (secondary N) is 1. The average molecular weight is 473 g/mol. The zero-order chi connectivity index (χ0) is 24.8. The van der Waals surface area contributed by atoms with Crippen molar-refractivity contribution in [3.05, 3.63) is 60.0 Å². The lowest BCUT2D eigenvalue weighted by Gasteiger charge is -2.26. The number of carboxylic acids is 1. The summed E-state index contributed by atoms with van der Waals surface area (Å²) in [5.41, 5.74) is 12.8. The van der Waals surface area contributed by atoms with Gasteiger partial charge in [0.05, 0.1) is 5.69 Å². The fourth-order valence-electron chi connectivity index (χ4n) is 3.16. The van der Waals surface area contributed by atoms with Crippen LogP contribution in [-0.4, -0.2) is 47.5 Å². The number of anilines is 2. The number of aryl methyl sites for hydroxylation is 1. The van der Waals surface area contributed by atoms with E-state index < -0.39 is 5.97 Å². The molecule has 2 aromatic rings. The summed E-state index contributed by atoms with van der Waals surface area (Å²) in [5.74, 6) is -0.197. The Kier molecular flexibility index (Phi) is 12.0. The number of hydrogen-bond donors (Lipinski definition) is 4. The Morgan fingerprint density at radius 2 is 1.91 bits per heavy atom. The van der Waals surface area contributed by atoms with Gasteiger partial charge in [-0.25, -0.2) is 14.8 Å². The van der Waals surface area contributed by atoms with Crippen LogP contribution in [0.25, 0.3) is 11.1 Å². The maximum Gasteiger partial charge on any atom is 0.339 e. The predicted octanol–water partition coefficient (Wildman–Crippen LogP) is 3.55. The molecule has 3 rings (SSSR count). The van der Waals surface area contributed by atoms with E-state index in [2.05, 4.69) is 33.3 Å². The molecule has 1 saturated heterocycles. The number of piperidine rings is 1. The zero-order valence-corrected chi connectivity index (χ0v) is 19.9. The third kappa shape index (κ3) is 7.46. The summed E-state index contributed by atoms with van der Waals surface area (Å²) in [6.07, 6.45) is 9.85. The summed E-state index contributed by atoms with van der Waals surface area (Å²) in [7, 11) is 1.73. The largest absolute Gasteiger partial charge is 0.478 e. The van der Waals surface area contributed by atoms with Gasteiger partial charge in [0.15, 0.2) is 6.29 Å². The van der Waals surface area contributed by atoms with Crippen molar-refractivity contribution in [3.63, 3.8) is 0 Å². The first-order valence-corrected chi connectivity index (χ1v) is 11.2. The minimum Gasteiger partial charge on any atom is -0.478 e. The number of nitrogens with zero attached hydrogens (tertiary/aromatic N) is 3. The van der Waals surface area contributed by atoms with Crippen LogP contribution in [0.2, 0.25) is 0 Å². The lowest BCUT2D eigenvalue weighted by atomic mass is 10.0. The number of carbonyl (C=O) groups is 2. The van der Waals surface area contributed by atoms with Crippen LogP contribution in [0, 0.1) is 6.92 Å². The van der Waals surface area contributed by atoms with Crippen LogP contribution < -0.4 is 21.7 Å². The van der Waals surface area contributed by atoms with Gasteiger partial charge < -0.3 is 26.8 Å². The van der Waals surface area contributed by atoms with Crippen molar-refractivity contribution in [1.82, 2.24) is 9.97 Å². The van der Waals surface area contributed by atoms with Gasteiger partial charge in [-0.2, -0.15) is 0 Å². The molecule has 0 unspecified atom stereocenters. The molecule has 0 amide bonds. The van der Waals surface area contributed by atoms with E-state index >= 15 is 0 Å². The standard InChI is InChI=1S/C16H20N4O2S.C5H8N2O.C2H4/c1-10-11(12-9-23-14(17-2)13(12)15(21)22)8-18-16(19-10)20-6-4-3-5-7-20;6-2-1-5(3-7)4-8;1-2/h8-9,17H,3-7H2,1-2H3,(H,21,22);1-4H,6-7H2;1-2H2/b;2-1-,5-3+;. The van der Waals surface area contributed by atoms with Gasteiger partial charge in [0.25, 0.3) is 0 Å². The highest BCUT2D eigenvalue weighted by atomic mass is 32.1. The van der Waals surface area contributed by atoms with E-state index in [1.807, 2.05) is 12.3 Å². The molecular formula is C23H32N6O3S. The van der Waals surface area contributed by atoms with E-state index in [-0.39, 0.29) is 5.56 Å². The number of carboxylic acid groups (broad SMARTS) is 1. The molecular weight excluding hydrogens is 440 g/mol. The third-order valence-electron chi connectivity index (χ3n) is 4.74. The van der Waals surface area contributed by atoms with Gasteiger partial charge in [-0.1, -0.05) is 0 Å². The van der Waals surface area contributed by atoms with Crippen molar-refractivity contribution in [1.29, 1.82) is 0 Å². The molecule has 10 heteroatoms. The molecule has 2 aromatic heterocycles. The van der Waals surface area contributed by atoms with E-state index in [1.165, 1.54) is 49.1 Å². The molecule has 1 fully saturated rings. The van der Waals surface area contributed by atoms with Crippen molar-refractivity contribution in [2.75, 3.05) is 30.4 Å². The van der Waals surface area contributed by atoms with E-state index in [1.54, 1.807) is 13.2 Å². The minimum absolute atomic E-state index is 0.287. The van der Waals surface area contributed by atoms with Gasteiger partial charge >= 0.3 is 5.97 Å². The van der Waals surface area contributed by atoms with E-state index in [4.69, 9.17) is 11.5 Å². The molecule has 33 heavy (non-hydrogen) atoms. The molecule has 0 aromatic carbocycles. The Bertz CT molecular complexity index is 981. The van der Waals surface area contributed by atoms with Gasteiger partial charge in [-0.3, -0.25) is 4.79 Å². The molecule has 0 spiro atoms. The highest BCUT2D eigenvalue weighted by Gasteiger charge is 2.22. The molecule has 3 heterocycles. The molecule has 1 aliphatic rings. The Labute approximate surface area is 198 Å². The molecule has 0 bridgehead atoms. The number of aldehydes is 1. The second-order valence-corrected chi connectivity index (χ2v) is 7.65. The number of aromatic carboxylic acids is 1. The summed E-state index contributed by atoms with van der Waals surface area (Å²) in [6, 6.07) is 0. The first kappa shape index (κ1) is 27.4. The zero-order valence-electron chi connectivity index (χ0n) is 19.1. The first-order valence-electron chi connectivity index (χ1n) is 10.3. The van der Waals surface area contributed by atoms with Crippen LogP contribution in [0.15, 0.2) is 48.8 Å². The molecule has 0 saturated carbocycles. The Hall–Kier alpha value is -3.66. The average Bonchev–Trinajstić information content (AvgIpc) is 3.29. The minimum atomic E-state index is -0.940. The topological polar surface area (TPSA) is 147 Å². The summed E-state index contributed by atoms with van der Waals surface area (Å²) < 4.78 is 0. The second kappa shape index (κ2) is 14.4. The van der Waals surface area contributed by atoms with Gasteiger partial charge in [-0.15, -0.1) is 24.5 Å². The van der Waals surface area contributed by atoms with Crippen molar-refractivity contribution in [2.45, 2.75) is 26.2 Å². The number of allylic oxidation sites excluding steroid dienone is 2. The monoisotopic (exact) mass is 472 g/mol. The van der Waals surface area contributed by atoms with Crippen LogP contribution in [0.5, 0.6) is 0 Å². The highest BCUT2D eigenvalue weighted by Crippen LogP contribution is 2.36. The van der Waals surface area contributed by atoms with Gasteiger partial charge in [0, 0.05) is 54.6 Å². The highest BCUT2D eigenvalue weighted by molar-refractivity contribution is 7.15. The second-order valence-electron chi connectivity index (χ2n) is 6.77. The maximum atomic E-state index is 11.6. The lowest BCUT2D eigenvalue weighted by Crippen LogP contribution is -2.31.